The van der Waals surface area contributed by atoms with E-state index in [1.807, 2.05) is 12.3 Å². The minimum absolute atomic E-state index is 0.392. The van der Waals surface area contributed by atoms with E-state index < -0.39 is 6.30 Å². The summed E-state index contributed by atoms with van der Waals surface area (Å²) in [6.07, 6.45) is 0.907. The van der Waals surface area contributed by atoms with Crippen molar-refractivity contribution >= 4 is 23.1 Å². The number of hydrogen-bond acceptors (Lipinski definition) is 3. The summed E-state index contributed by atoms with van der Waals surface area (Å²) in [6.45, 7) is 1.92. The van der Waals surface area contributed by atoms with Crippen LogP contribution in [0, 0.1) is 0 Å². The number of halogens is 1. The molecule has 2 nitrogen and oxygen atoms in total. The Bertz CT molecular complexity index is 354. The molecule has 1 aromatic rings. The SMILES string of the molecule is CC1=C(c2cscn2)C=NC(F)C1. The second-order valence-corrected chi connectivity index (χ2v) is 3.70. The number of allylic oxidation sites excluding steroid dienone is 1. The number of aromatic nitrogens is 1. The van der Waals surface area contributed by atoms with Gasteiger partial charge in [0.1, 0.15) is 0 Å². The topological polar surface area (TPSA) is 25.2 Å². The van der Waals surface area contributed by atoms with Crippen LogP contribution < -0.4 is 0 Å². The van der Waals surface area contributed by atoms with Gasteiger partial charge in [0.05, 0.1) is 11.2 Å². The van der Waals surface area contributed by atoms with Crippen LogP contribution in [0.3, 0.4) is 0 Å². The highest BCUT2D eigenvalue weighted by Gasteiger charge is 2.15. The number of nitrogens with zero attached hydrogens (tertiary/aromatic N) is 2. The Hall–Kier alpha value is -1.03. The van der Waals surface area contributed by atoms with Crippen LogP contribution in [0.5, 0.6) is 0 Å². The van der Waals surface area contributed by atoms with E-state index in [1.165, 1.54) is 11.3 Å². The Morgan fingerprint density at radius 3 is 3.08 bits per heavy atom. The average Bonchev–Trinajstić information content (AvgIpc) is 2.56. The predicted octanol–water partition coefficient (Wildman–Crippen LogP) is 2.69. The summed E-state index contributed by atoms with van der Waals surface area (Å²) in [5.41, 5.74) is 4.66. The van der Waals surface area contributed by atoms with Crippen LogP contribution in [0.1, 0.15) is 19.0 Å². The molecule has 68 valence electrons. The Labute approximate surface area is 79.8 Å². The zero-order valence-corrected chi connectivity index (χ0v) is 8.01. The number of dihydropyridines is 1. The lowest BCUT2D eigenvalue weighted by Crippen LogP contribution is -2.06. The number of rotatable bonds is 1. The zero-order valence-electron chi connectivity index (χ0n) is 7.20. The van der Waals surface area contributed by atoms with Crippen molar-refractivity contribution < 1.29 is 4.39 Å². The van der Waals surface area contributed by atoms with Gasteiger partial charge in [0.15, 0.2) is 6.30 Å². The lowest BCUT2D eigenvalue weighted by Gasteiger charge is -2.12. The van der Waals surface area contributed by atoms with Gasteiger partial charge in [-0.3, -0.25) is 4.99 Å². The van der Waals surface area contributed by atoms with Gasteiger partial charge in [0.2, 0.25) is 0 Å². The van der Waals surface area contributed by atoms with Crippen molar-refractivity contribution in [3.63, 3.8) is 0 Å². The smallest absolute Gasteiger partial charge is 0.193 e. The first-order chi connectivity index (χ1) is 6.27. The third-order valence-electron chi connectivity index (χ3n) is 2.01. The fourth-order valence-electron chi connectivity index (χ4n) is 1.31. The number of aliphatic imine (C=N–C) groups is 1. The summed E-state index contributed by atoms with van der Waals surface area (Å²) < 4.78 is 12.8. The summed E-state index contributed by atoms with van der Waals surface area (Å²) >= 11 is 1.54. The molecule has 4 heteroatoms. The molecule has 0 N–H and O–H groups in total. The van der Waals surface area contributed by atoms with E-state index in [1.54, 1.807) is 11.7 Å². The van der Waals surface area contributed by atoms with Crippen LogP contribution in [0.25, 0.3) is 5.57 Å². The Balaban J connectivity index is 2.35. The molecule has 0 amide bonds. The lowest BCUT2D eigenvalue weighted by atomic mass is 10.0. The van der Waals surface area contributed by atoms with Gasteiger partial charge < -0.3 is 0 Å². The highest BCUT2D eigenvalue weighted by Crippen LogP contribution is 2.24. The van der Waals surface area contributed by atoms with Gasteiger partial charge in [-0.1, -0.05) is 5.57 Å². The molecule has 1 unspecified atom stereocenters. The van der Waals surface area contributed by atoms with Crippen molar-refractivity contribution in [2.75, 3.05) is 0 Å². The number of hydrogen-bond donors (Lipinski definition) is 0. The minimum atomic E-state index is -1.07. The normalized spacial score (nSPS) is 22.5. The quantitative estimate of drug-likeness (QED) is 0.634. The molecule has 2 heterocycles. The fourth-order valence-corrected chi connectivity index (χ4v) is 1.86. The number of alkyl halides is 1. The molecule has 0 fully saturated rings. The zero-order chi connectivity index (χ0) is 9.26. The van der Waals surface area contributed by atoms with Crippen molar-refractivity contribution in [3.05, 3.63) is 22.2 Å². The molecule has 2 rings (SSSR count). The molecule has 0 aliphatic carbocycles. The van der Waals surface area contributed by atoms with E-state index in [4.69, 9.17) is 0 Å². The molecule has 1 aliphatic rings. The molecular formula is C9H9FN2S. The molecule has 13 heavy (non-hydrogen) atoms. The van der Waals surface area contributed by atoms with Gasteiger partial charge in [-0.05, 0) is 6.92 Å². The summed E-state index contributed by atoms with van der Waals surface area (Å²) in [5, 5.41) is 1.95. The van der Waals surface area contributed by atoms with Gasteiger partial charge in [-0.2, -0.15) is 0 Å². The fraction of sp³-hybridized carbons (Fsp3) is 0.333. The molecule has 0 aromatic carbocycles. The third kappa shape index (κ3) is 1.67. The molecule has 1 aliphatic heterocycles. The molecular weight excluding hydrogens is 187 g/mol. The van der Waals surface area contributed by atoms with E-state index in [2.05, 4.69) is 9.98 Å². The molecule has 0 spiro atoms. The van der Waals surface area contributed by atoms with E-state index in [0.29, 0.717) is 6.42 Å². The van der Waals surface area contributed by atoms with Crippen LogP contribution in [-0.2, 0) is 0 Å². The van der Waals surface area contributed by atoms with Crippen molar-refractivity contribution in [3.8, 4) is 0 Å². The van der Waals surface area contributed by atoms with E-state index in [0.717, 1.165) is 16.8 Å². The summed E-state index contributed by atoms with van der Waals surface area (Å²) in [6, 6.07) is 0. The highest BCUT2D eigenvalue weighted by atomic mass is 32.1. The lowest BCUT2D eigenvalue weighted by molar-refractivity contribution is 0.344. The predicted molar refractivity (Wildman–Crippen MR) is 52.7 cm³/mol. The maximum atomic E-state index is 12.8. The molecule has 0 saturated carbocycles. The monoisotopic (exact) mass is 196 g/mol. The van der Waals surface area contributed by atoms with Gasteiger partial charge in [-0.25, -0.2) is 9.37 Å². The molecule has 0 radical (unpaired) electrons. The summed E-state index contributed by atoms with van der Waals surface area (Å²) in [7, 11) is 0. The maximum absolute atomic E-state index is 12.8. The molecule has 0 saturated heterocycles. The van der Waals surface area contributed by atoms with Gasteiger partial charge in [0, 0.05) is 23.6 Å². The second kappa shape index (κ2) is 3.38. The molecule has 1 aromatic heterocycles. The van der Waals surface area contributed by atoms with Crippen LogP contribution in [0.15, 0.2) is 21.5 Å². The van der Waals surface area contributed by atoms with Crippen LogP contribution in [0.2, 0.25) is 0 Å². The minimum Gasteiger partial charge on any atom is -0.256 e. The van der Waals surface area contributed by atoms with E-state index >= 15 is 0 Å². The Kier molecular flexibility index (Phi) is 2.22. The van der Waals surface area contributed by atoms with Gasteiger partial charge in [0.25, 0.3) is 0 Å². The summed E-state index contributed by atoms with van der Waals surface area (Å²) in [4.78, 5) is 7.90. The highest BCUT2D eigenvalue weighted by molar-refractivity contribution is 7.07. The maximum Gasteiger partial charge on any atom is 0.193 e. The van der Waals surface area contributed by atoms with Crippen LogP contribution >= 0.6 is 11.3 Å². The first-order valence-corrected chi connectivity index (χ1v) is 4.97. The Morgan fingerprint density at radius 1 is 1.62 bits per heavy atom. The largest absolute Gasteiger partial charge is 0.256 e. The Morgan fingerprint density at radius 2 is 2.46 bits per heavy atom. The van der Waals surface area contributed by atoms with Gasteiger partial charge in [-0.15, -0.1) is 11.3 Å². The summed E-state index contributed by atoms with van der Waals surface area (Å²) in [5.74, 6) is 0. The van der Waals surface area contributed by atoms with Crippen LogP contribution in [0.4, 0.5) is 4.39 Å². The van der Waals surface area contributed by atoms with Crippen molar-refractivity contribution in [2.45, 2.75) is 19.6 Å². The van der Waals surface area contributed by atoms with Crippen LogP contribution in [-0.4, -0.2) is 17.5 Å². The van der Waals surface area contributed by atoms with Crippen molar-refractivity contribution in [2.24, 2.45) is 4.99 Å². The van der Waals surface area contributed by atoms with E-state index in [9.17, 15) is 4.39 Å². The van der Waals surface area contributed by atoms with Crippen molar-refractivity contribution in [1.82, 2.24) is 4.98 Å². The first kappa shape index (κ1) is 8.56. The van der Waals surface area contributed by atoms with E-state index in [-0.39, 0.29) is 0 Å². The standard InChI is InChI=1S/C9H9FN2S/c1-6-2-9(10)11-3-7(6)8-4-13-5-12-8/h3-5,9H,2H2,1H3. The molecule has 0 bridgehead atoms. The molecule has 1 atom stereocenters. The first-order valence-electron chi connectivity index (χ1n) is 4.03. The average molecular weight is 196 g/mol. The third-order valence-corrected chi connectivity index (χ3v) is 2.59. The second-order valence-electron chi connectivity index (χ2n) is 2.98. The van der Waals surface area contributed by atoms with Crippen molar-refractivity contribution in [1.29, 1.82) is 0 Å². The number of thiazole rings is 1. The van der Waals surface area contributed by atoms with Gasteiger partial charge >= 0.3 is 0 Å².